The number of amides is 1. The molecule has 0 aliphatic rings. The normalized spacial score (nSPS) is 11.6. The molecule has 1 aromatic carbocycles. The van der Waals surface area contributed by atoms with Gasteiger partial charge in [0.15, 0.2) is 11.5 Å². The number of benzene rings is 1. The van der Waals surface area contributed by atoms with Crippen LogP contribution in [-0.4, -0.2) is 25.1 Å². The van der Waals surface area contributed by atoms with Gasteiger partial charge in [-0.2, -0.15) is 0 Å². The van der Waals surface area contributed by atoms with E-state index >= 15 is 0 Å². The Morgan fingerprint density at radius 3 is 2.50 bits per heavy atom. The van der Waals surface area contributed by atoms with Crippen molar-refractivity contribution in [1.82, 2.24) is 10.3 Å². The Labute approximate surface area is 134 Å². The molecule has 1 N–H and O–H groups in total. The molecule has 0 aliphatic carbocycles. The first-order chi connectivity index (χ1) is 10.5. The van der Waals surface area contributed by atoms with Crippen molar-refractivity contribution in [1.29, 1.82) is 0 Å². The first-order valence-corrected chi connectivity index (χ1v) is 7.07. The molecule has 1 atom stereocenters. The third-order valence-electron chi connectivity index (χ3n) is 3.24. The van der Waals surface area contributed by atoms with Crippen molar-refractivity contribution in [3.63, 3.8) is 0 Å². The standard InChI is InChI=1S/C16H17ClN2O3/c1-10(11-4-6-13(21-2)14(8-11)22-3)19-16(20)12-5-7-15(17)18-9-12/h4-10H,1-3H3,(H,19,20). The van der Waals surface area contributed by atoms with E-state index in [9.17, 15) is 4.79 Å². The lowest BCUT2D eigenvalue weighted by atomic mass is 10.1. The maximum atomic E-state index is 12.2. The van der Waals surface area contributed by atoms with Crippen LogP contribution in [0.15, 0.2) is 36.5 Å². The largest absolute Gasteiger partial charge is 0.493 e. The first-order valence-electron chi connectivity index (χ1n) is 6.69. The second kappa shape index (κ2) is 7.13. The van der Waals surface area contributed by atoms with E-state index < -0.39 is 0 Å². The number of carbonyl (C=O) groups excluding carboxylic acids is 1. The van der Waals surface area contributed by atoms with E-state index in [4.69, 9.17) is 21.1 Å². The molecule has 0 bridgehead atoms. The van der Waals surface area contributed by atoms with Crippen LogP contribution >= 0.6 is 11.6 Å². The fourth-order valence-corrected chi connectivity index (χ4v) is 2.11. The van der Waals surface area contributed by atoms with Gasteiger partial charge in [-0.3, -0.25) is 4.79 Å². The van der Waals surface area contributed by atoms with Crippen LogP contribution in [0.4, 0.5) is 0 Å². The van der Waals surface area contributed by atoms with Crippen molar-refractivity contribution < 1.29 is 14.3 Å². The molecule has 0 radical (unpaired) electrons. The summed E-state index contributed by atoms with van der Waals surface area (Å²) in [5, 5.41) is 3.25. The molecule has 2 rings (SSSR count). The third-order valence-corrected chi connectivity index (χ3v) is 3.47. The minimum atomic E-state index is -0.216. The molecule has 1 aromatic heterocycles. The lowest BCUT2D eigenvalue weighted by Crippen LogP contribution is -2.26. The number of carbonyl (C=O) groups is 1. The van der Waals surface area contributed by atoms with Gasteiger partial charge in [0.1, 0.15) is 5.15 Å². The van der Waals surface area contributed by atoms with Gasteiger partial charge in [0.2, 0.25) is 0 Å². The Balaban J connectivity index is 2.13. The number of ether oxygens (including phenoxy) is 2. The van der Waals surface area contributed by atoms with Gasteiger partial charge in [-0.05, 0) is 36.8 Å². The number of methoxy groups -OCH3 is 2. The highest BCUT2D eigenvalue weighted by atomic mass is 35.5. The third kappa shape index (κ3) is 3.68. The van der Waals surface area contributed by atoms with Gasteiger partial charge >= 0.3 is 0 Å². The summed E-state index contributed by atoms with van der Waals surface area (Å²) in [7, 11) is 3.15. The van der Waals surface area contributed by atoms with E-state index in [0.717, 1.165) is 5.56 Å². The van der Waals surface area contributed by atoms with E-state index in [2.05, 4.69) is 10.3 Å². The summed E-state index contributed by atoms with van der Waals surface area (Å²) >= 11 is 5.71. The van der Waals surface area contributed by atoms with E-state index in [0.29, 0.717) is 22.2 Å². The Bertz CT molecular complexity index is 659. The monoisotopic (exact) mass is 320 g/mol. The van der Waals surface area contributed by atoms with E-state index in [1.165, 1.54) is 6.20 Å². The quantitative estimate of drug-likeness (QED) is 0.859. The number of hydrogen-bond acceptors (Lipinski definition) is 4. The predicted octanol–water partition coefficient (Wildman–Crippen LogP) is 3.24. The Morgan fingerprint density at radius 2 is 1.91 bits per heavy atom. The number of nitrogens with zero attached hydrogens (tertiary/aromatic N) is 1. The average Bonchev–Trinajstić information content (AvgIpc) is 2.54. The van der Waals surface area contributed by atoms with Crippen LogP contribution in [0, 0.1) is 0 Å². The summed E-state index contributed by atoms with van der Waals surface area (Å²) in [5.41, 5.74) is 1.37. The molecule has 6 heteroatoms. The van der Waals surface area contributed by atoms with E-state index in [1.807, 2.05) is 19.1 Å². The van der Waals surface area contributed by atoms with Gasteiger partial charge in [0, 0.05) is 6.20 Å². The van der Waals surface area contributed by atoms with Crippen molar-refractivity contribution >= 4 is 17.5 Å². The Morgan fingerprint density at radius 1 is 1.18 bits per heavy atom. The Kier molecular flexibility index (Phi) is 5.22. The summed E-state index contributed by atoms with van der Waals surface area (Å²) in [5.74, 6) is 1.05. The minimum absolute atomic E-state index is 0.192. The van der Waals surface area contributed by atoms with Gasteiger partial charge in [-0.15, -0.1) is 0 Å². The minimum Gasteiger partial charge on any atom is -0.493 e. The lowest BCUT2D eigenvalue weighted by molar-refractivity contribution is 0.0939. The van der Waals surface area contributed by atoms with Crippen LogP contribution in [0.2, 0.25) is 5.15 Å². The van der Waals surface area contributed by atoms with Crippen molar-refractivity contribution in [2.24, 2.45) is 0 Å². The molecule has 22 heavy (non-hydrogen) atoms. The van der Waals surface area contributed by atoms with Gasteiger partial charge < -0.3 is 14.8 Å². The van der Waals surface area contributed by atoms with E-state index in [-0.39, 0.29) is 11.9 Å². The molecule has 2 aromatic rings. The highest BCUT2D eigenvalue weighted by Gasteiger charge is 2.14. The molecular weight excluding hydrogens is 304 g/mol. The number of pyridine rings is 1. The van der Waals surface area contributed by atoms with Gasteiger partial charge in [0.25, 0.3) is 5.91 Å². The molecule has 1 amide bonds. The summed E-state index contributed by atoms with van der Waals surface area (Å²) < 4.78 is 10.5. The average molecular weight is 321 g/mol. The van der Waals surface area contributed by atoms with Crippen LogP contribution < -0.4 is 14.8 Å². The molecule has 0 aliphatic heterocycles. The number of aromatic nitrogens is 1. The highest BCUT2D eigenvalue weighted by Crippen LogP contribution is 2.29. The number of rotatable bonds is 5. The maximum absolute atomic E-state index is 12.2. The van der Waals surface area contributed by atoms with Crippen molar-refractivity contribution in [2.45, 2.75) is 13.0 Å². The second-order valence-corrected chi connectivity index (χ2v) is 5.07. The molecule has 1 unspecified atom stereocenters. The van der Waals surface area contributed by atoms with Crippen LogP contribution in [-0.2, 0) is 0 Å². The summed E-state index contributed by atoms with van der Waals surface area (Å²) in [6.07, 6.45) is 1.44. The van der Waals surface area contributed by atoms with Gasteiger partial charge in [-0.25, -0.2) is 4.98 Å². The second-order valence-electron chi connectivity index (χ2n) is 4.68. The zero-order chi connectivity index (χ0) is 16.1. The summed E-state index contributed by atoms with van der Waals surface area (Å²) in [4.78, 5) is 16.1. The summed E-state index contributed by atoms with van der Waals surface area (Å²) in [6.45, 7) is 1.89. The van der Waals surface area contributed by atoms with Gasteiger partial charge in [0.05, 0.1) is 25.8 Å². The molecule has 5 nitrogen and oxygen atoms in total. The smallest absolute Gasteiger partial charge is 0.253 e. The first kappa shape index (κ1) is 16.1. The molecule has 0 saturated heterocycles. The maximum Gasteiger partial charge on any atom is 0.253 e. The number of halogens is 1. The molecule has 116 valence electrons. The fraction of sp³-hybridized carbons (Fsp3) is 0.250. The molecular formula is C16H17ClN2O3. The lowest BCUT2D eigenvalue weighted by Gasteiger charge is -2.16. The Hall–Kier alpha value is -2.27. The molecule has 0 fully saturated rings. The number of hydrogen-bond donors (Lipinski definition) is 1. The molecule has 0 saturated carbocycles. The van der Waals surface area contributed by atoms with Crippen LogP contribution in [0.3, 0.4) is 0 Å². The topological polar surface area (TPSA) is 60.5 Å². The highest BCUT2D eigenvalue weighted by molar-refractivity contribution is 6.29. The van der Waals surface area contributed by atoms with Crippen molar-refractivity contribution in [3.8, 4) is 11.5 Å². The number of nitrogens with one attached hydrogen (secondary N) is 1. The van der Waals surface area contributed by atoms with Crippen LogP contribution in [0.5, 0.6) is 11.5 Å². The SMILES string of the molecule is COc1ccc(C(C)NC(=O)c2ccc(Cl)nc2)cc1OC. The predicted molar refractivity (Wildman–Crippen MR) is 84.7 cm³/mol. The van der Waals surface area contributed by atoms with Crippen molar-refractivity contribution in [3.05, 3.63) is 52.8 Å². The zero-order valence-electron chi connectivity index (χ0n) is 12.6. The zero-order valence-corrected chi connectivity index (χ0v) is 13.3. The van der Waals surface area contributed by atoms with Crippen molar-refractivity contribution in [2.75, 3.05) is 14.2 Å². The van der Waals surface area contributed by atoms with Gasteiger partial charge in [-0.1, -0.05) is 17.7 Å². The van der Waals surface area contributed by atoms with E-state index in [1.54, 1.807) is 32.4 Å². The molecule has 0 spiro atoms. The van der Waals surface area contributed by atoms with Crippen LogP contribution in [0.25, 0.3) is 0 Å². The molecule has 1 heterocycles. The summed E-state index contributed by atoms with van der Waals surface area (Å²) in [6, 6.07) is 8.54. The van der Waals surface area contributed by atoms with Crippen LogP contribution in [0.1, 0.15) is 28.9 Å². The fourth-order valence-electron chi connectivity index (χ4n) is 2.00.